The fourth-order valence-electron chi connectivity index (χ4n) is 0.530. The lowest BCUT2D eigenvalue weighted by Crippen LogP contribution is -1.99. The highest BCUT2D eigenvalue weighted by Crippen LogP contribution is 2.11. The Morgan fingerprint density at radius 1 is 1.62 bits per heavy atom. The highest BCUT2D eigenvalue weighted by atomic mass is 19.1. The van der Waals surface area contributed by atoms with Gasteiger partial charge in [-0.15, -0.1) is 0 Å². The molecular weight excluding hydrogens is 104 g/mol. The van der Waals surface area contributed by atoms with E-state index in [-0.39, 0.29) is 5.83 Å². The van der Waals surface area contributed by atoms with Crippen LogP contribution in [0, 0.1) is 0 Å². The molecule has 2 radical (unpaired) electrons. The van der Waals surface area contributed by atoms with E-state index >= 15 is 0 Å². The van der Waals surface area contributed by atoms with E-state index in [9.17, 15) is 4.39 Å². The quantitative estimate of drug-likeness (QED) is 0.414. The van der Waals surface area contributed by atoms with Crippen molar-refractivity contribution in [2.45, 2.75) is 12.8 Å². The summed E-state index contributed by atoms with van der Waals surface area (Å²) in [5.74, 6) is -0.181. The maximum Gasteiger partial charge on any atom is 0.135 e. The van der Waals surface area contributed by atoms with Crippen molar-refractivity contribution >= 4 is 13.5 Å². The number of rotatable bonds is 0. The van der Waals surface area contributed by atoms with Crippen molar-refractivity contribution in [1.29, 1.82) is 0 Å². The summed E-state index contributed by atoms with van der Waals surface area (Å²) in [4.78, 5) is 3.57. The molecule has 0 aliphatic carbocycles. The molecule has 1 aliphatic heterocycles. The molecule has 0 spiro atoms. The first-order valence-electron chi connectivity index (χ1n) is 2.46. The molecule has 40 valence electrons. The molecule has 0 amide bonds. The zero-order valence-corrected chi connectivity index (χ0v) is 4.39. The summed E-state index contributed by atoms with van der Waals surface area (Å²) in [6, 6.07) is 0. The Labute approximate surface area is 48.7 Å². The van der Waals surface area contributed by atoms with Crippen LogP contribution in [0.4, 0.5) is 4.39 Å². The minimum absolute atomic E-state index is 0.181. The van der Waals surface area contributed by atoms with Gasteiger partial charge < -0.3 is 0 Å². The molecule has 8 heavy (non-hydrogen) atoms. The van der Waals surface area contributed by atoms with Gasteiger partial charge in [0, 0.05) is 6.42 Å². The van der Waals surface area contributed by atoms with Crippen LogP contribution in [0.15, 0.2) is 17.0 Å². The molecule has 3 heteroatoms. The Balaban J connectivity index is 2.65. The molecule has 0 aromatic heterocycles. The molecule has 0 N–H and O–H groups in total. The van der Waals surface area contributed by atoms with Gasteiger partial charge in [0.15, 0.2) is 0 Å². The fourth-order valence-corrected chi connectivity index (χ4v) is 0.530. The predicted octanol–water partition coefficient (Wildman–Crippen LogP) is 1.16. The smallest absolute Gasteiger partial charge is 0.135 e. The molecule has 0 atom stereocenters. The van der Waals surface area contributed by atoms with Crippen LogP contribution in [0.1, 0.15) is 12.8 Å². The fraction of sp³-hybridized carbons (Fsp3) is 0.400. The lowest BCUT2D eigenvalue weighted by atomic mass is 9.95. The Morgan fingerprint density at radius 3 is 2.75 bits per heavy atom. The van der Waals surface area contributed by atoms with Crippen LogP contribution in [-0.4, -0.2) is 13.5 Å². The van der Waals surface area contributed by atoms with E-state index < -0.39 is 0 Å². The van der Waals surface area contributed by atoms with E-state index in [1.165, 1.54) is 6.20 Å². The Bertz CT molecular complexity index is 133. The van der Waals surface area contributed by atoms with Crippen molar-refractivity contribution < 1.29 is 4.39 Å². The van der Waals surface area contributed by atoms with E-state index in [4.69, 9.17) is 7.85 Å². The van der Waals surface area contributed by atoms with Crippen LogP contribution in [0.25, 0.3) is 0 Å². The van der Waals surface area contributed by atoms with E-state index in [2.05, 4.69) is 4.99 Å². The molecule has 1 nitrogen and oxygen atoms in total. The third kappa shape index (κ3) is 1.19. The van der Waals surface area contributed by atoms with E-state index in [0.29, 0.717) is 18.5 Å². The molecule has 0 aromatic carbocycles. The van der Waals surface area contributed by atoms with Crippen LogP contribution in [0.5, 0.6) is 0 Å². The van der Waals surface area contributed by atoms with Crippen molar-refractivity contribution in [2.75, 3.05) is 0 Å². The first-order valence-corrected chi connectivity index (χ1v) is 2.46. The molecule has 1 heterocycles. The molecule has 1 aliphatic rings. The average Bonchev–Trinajstić information content (AvgIpc) is 1.77. The van der Waals surface area contributed by atoms with Gasteiger partial charge in [-0.1, -0.05) is 0 Å². The Kier molecular flexibility index (Phi) is 1.46. The third-order valence-electron chi connectivity index (χ3n) is 0.990. The van der Waals surface area contributed by atoms with Crippen molar-refractivity contribution in [3.05, 3.63) is 12.0 Å². The van der Waals surface area contributed by atoms with E-state index in [0.717, 1.165) is 0 Å². The summed E-state index contributed by atoms with van der Waals surface area (Å²) in [6.45, 7) is 0. The molecular formula is C5H5BFN. The topological polar surface area (TPSA) is 12.4 Å². The second kappa shape index (κ2) is 2.12. The first kappa shape index (κ1) is 5.54. The molecule has 0 aromatic rings. The van der Waals surface area contributed by atoms with Gasteiger partial charge in [0.1, 0.15) is 13.7 Å². The second-order valence-corrected chi connectivity index (χ2v) is 1.70. The zero-order chi connectivity index (χ0) is 5.98. The molecule has 1 rings (SSSR count). The Hall–Kier alpha value is -0.595. The number of hydrogen-bond donors (Lipinski definition) is 0. The molecule has 0 saturated carbocycles. The summed E-state index contributed by atoms with van der Waals surface area (Å²) in [6.07, 6.45) is 2.14. The van der Waals surface area contributed by atoms with E-state index in [1.807, 2.05) is 0 Å². The van der Waals surface area contributed by atoms with Crippen molar-refractivity contribution in [2.24, 2.45) is 4.99 Å². The zero-order valence-electron chi connectivity index (χ0n) is 4.39. The van der Waals surface area contributed by atoms with Gasteiger partial charge in [-0.2, -0.15) is 0 Å². The summed E-state index contributed by atoms with van der Waals surface area (Å²) < 4.78 is 12.1. The van der Waals surface area contributed by atoms with E-state index in [1.54, 1.807) is 0 Å². The van der Waals surface area contributed by atoms with Gasteiger partial charge in [0.2, 0.25) is 0 Å². The first-order chi connectivity index (χ1) is 3.79. The lowest BCUT2D eigenvalue weighted by Gasteiger charge is -2.02. The van der Waals surface area contributed by atoms with Crippen LogP contribution in [0.3, 0.4) is 0 Å². The van der Waals surface area contributed by atoms with Crippen LogP contribution >= 0.6 is 0 Å². The SMILES string of the molecule is [B]C1=NC=C(F)CC1. The molecule has 0 unspecified atom stereocenters. The van der Waals surface area contributed by atoms with Crippen molar-refractivity contribution in [3.8, 4) is 0 Å². The van der Waals surface area contributed by atoms with Gasteiger partial charge in [0.05, 0.1) is 6.20 Å². The largest absolute Gasteiger partial charge is 0.274 e. The second-order valence-electron chi connectivity index (χ2n) is 1.70. The monoisotopic (exact) mass is 109 g/mol. The summed E-state index contributed by atoms with van der Waals surface area (Å²) in [5.41, 5.74) is 0.520. The highest BCUT2D eigenvalue weighted by Gasteiger charge is 2.00. The highest BCUT2D eigenvalue weighted by molar-refractivity contribution is 6.59. The summed E-state index contributed by atoms with van der Waals surface area (Å²) >= 11 is 0. The number of hydrogen-bond acceptors (Lipinski definition) is 1. The molecule has 0 fully saturated rings. The number of nitrogens with zero attached hydrogens (tertiary/aromatic N) is 1. The number of aliphatic imine (C=N–C) groups is 1. The predicted molar refractivity (Wildman–Crippen MR) is 31.6 cm³/mol. The van der Waals surface area contributed by atoms with Gasteiger partial charge >= 0.3 is 0 Å². The summed E-state index contributed by atoms with van der Waals surface area (Å²) in [5, 5.41) is 0. The average molecular weight is 109 g/mol. The Morgan fingerprint density at radius 2 is 2.38 bits per heavy atom. The van der Waals surface area contributed by atoms with Gasteiger partial charge in [-0.3, -0.25) is 4.99 Å². The minimum Gasteiger partial charge on any atom is -0.274 e. The van der Waals surface area contributed by atoms with Crippen molar-refractivity contribution in [3.63, 3.8) is 0 Å². The van der Waals surface area contributed by atoms with Gasteiger partial charge in [-0.05, 0) is 12.0 Å². The maximum absolute atomic E-state index is 12.1. The maximum atomic E-state index is 12.1. The standard InChI is InChI=1S/C5H5BFN/c6-5-2-1-4(7)3-8-5/h3H,1-2H2. The molecule has 0 saturated heterocycles. The van der Waals surface area contributed by atoms with Crippen LogP contribution < -0.4 is 0 Å². The third-order valence-corrected chi connectivity index (χ3v) is 0.990. The van der Waals surface area contributed by atoms with Gasteiger partial charge in [0.25, 0.3) is 0 Å². The normalized spacial score (nSPS) is 19.6. The van der Waals surface area contributed by atoms with Crippen LogP contribution in [-0.2, 0) is 0 Å². The summed E-state index contributed by atoms with van der Waals surface area (Å²) in [7, 11) is 5.24. The number of allylic oxidation sites excluding steroid dienone is 1. The van der Waals surface area contributed by atoms with Crippen molar-refractivity contribution in [1.82, 2.24) is 0 Å². The molecule has 0 bridgehead atoms. The van der Waals surface area contributed by atoms with Crippen LogP contribution in [0.2, 0.25) is 0 Å². The number of halogens is 1. The lowest BCUT2D eigenvalue weighted by molar-refractivity contribution is 0.588. The van der Waals surface area contributed by atoms with Gasteiger partial charge in [-0.25, -0.2) is 4.39 Å². The minimum atomic E-state index is -0.181.